The monoisotopic (exact) mass is 729 g/mol. The summed E-state index contributed by atoms with van der Waals surface area (Å²) in [6, 6.07) is -2.60. The van der Waals surface area contributed by atoms with Crippen molar-refractivity contribution in [1.29, 1.82) is 0 Å². The summed E-state index contributed by atoms with van der Waals surface area (Å²) >= 11 is 0. The molecule has 1 aliphatic carbocycles. The minimum Gasteiger partial charge on any atom is -0.479 e. The molecule has 278 valence electrons. The lowest BCUT2D eigenvalue weighted by atomic mass is 10.0. The molecule has 2 fully saturated rings. The van der Waals surface area contributed by atoms with Gasteiger partial charge in [0.05, 0.1) is 17.2 Å². The van der Waals surface area contributed by atoms with E-state index in [0.717, 1.165) is 9.70 Å². The van der Waals surface area contributed by atoms with Crippen LogP contribution in [0.25, 0.3) is 11.4 Å². The van der Waals surface area contributed by atoms with E-state index < -0.39 is 93.9 Å². The molecule has 13 nitrogen and oxygen atoms in total. The molecule has 3 heterocycles. The fourth-order valence-corrected chi connectivity index (χ4v) is 6.27. The molecule has 5 atom stereocenters. The van der Waals surface area contributed by atoms with Crippen molar-refractivity contribution in [3.63, 3.8) is 0 Å². The van der Waals surface area contributed by atoms with Crippen molar-refractivity contribution in [3.05, 3.63) is 41.5 Å². The number of rotatable bonds is 4. The number of fused-ring (bicyclic) bond motifs is 2. The second kappa shape index (κ2) is 13.8. The van der Waals surface area contributed by atoms with Gasteiger partial charge in [-0.3, -0.25) is 9.59 Å². The van der Waals surface area contributed by atoms with E-state index in [1.54, 1.807) is 26.8 Å². The summed E-state index contributed by atoms with van der Waals surface area (Å²) in [5.74, 6) is -3.85. The Kier molecular flexibility index (Phi) is 10.1. The average Bonchev–Trinajstić information content (AvgIpc) is 3.33. The number of aromatic nitrogens is 4. The molecule has 1 aromatic carbocycles. The largest absolute Gasteiger partial charge is 0.479 e. The van der Waals surface area contributed by atoms with Crippen LogP contribution >= 0.6 is 0 Å². The van der Waals surface area contributed by atoms with E-state index in [1.807, 2.05) is 6.08 Å². The number of alkyl halides is 6. The van der Waals surface area contributed by atoms with Gasteiger partial charge >= 0.3 is 24.4 Å². The van der Waals surface area contributed by atoms with Crippen molar-refractivity contribution >= 4 is 23.9 Å². The molecular weight excluding hydrogens is 692 g/mol. The number of carboxylic acid groups (broad SMARTS) is 1. The molecule has 5 rings (SSSR count). The van der Waals surface area contributed by atoms with Crippen LogP contribution in [0.4, 0.5) is 31.1 Å². The first-order valence-corrected chi connectivity index (χ1v) is 16.3. The topological polar surface area (TPSA) is 169 Å². The zero-order chi connectivity index (χ0) is 37.5. The molecule has 1 saturated heterocycles. The zero-order valence-corrected chi connectivity index (χ0v) is 27.8. The smallest absolute Gasteiger partial charge is 0.416 e. The number of carbonyl (C=O) groups is 4. The van der Waals surface area contributed by atoms with Gasteiger partial charge in [-0.25, -0.2) is 9.59 Å². The van der Waals surface area contributed by atoms with Gasteiger partial charge in [-0.1, -0.05) is 25.0 Å². The molecule has 19 heteroatoms. The van der Waals surface area contributed by atoms with E-state index in [1.165, 1.54) is 0 Å². The number of aliphatic carboxylic acids is 1. The second-order valence-corrected chi connectivity index (χ2v) is 14.0. The highest BCUT2D eigenvalue weighted by Gasteiger charge is 2.61. The number of hydrogen-bond acceptors (Lipinski definition) is 8. The van der Waals surface area contributed by atoms with Gasteiger partial charge in [0.15, 0.2) is 0 Å². The number of nitrogens with zero attached hydrogens (tertiary/aromatic N) is 5. The van der Waals surface area contributed by atoms with Gasteiger partial charge in [-0.2, -0.15) is 31.1 Å². The number of alkyl carbamates (subject to hydrolysis) is 1. The molecule has 3 N–H and O–H groups in total. The third-order valence-corrected chi connectivity index (χ3v) is 8.93. The zero-order valence-electron chi connectivity index (χ0n) is 27.8. The second-order valence-electron chi connectivity index (χ2n) is 14.0. The fraction of sp³-hybridized carbons (Fsp3) is 0.594. The number of ether oxygens (including phenoxy) is 1. The molecule has 0 spiro atoms. The third kappa shape index (κ3) is 8.61. The molecule has 1 aromatic heterocycles. The lowest BCUT2D eigenvalue weighted by Crippen LogP contribution is -2.56. The summed E-state index contributed by atoms with van der Waals surface area (Å²) in [7, 11) is 0. The van der Waals surface area contributed by atoms with Crippen LogP contribution in [0.5, 0.6) is 0 Å². The van der Waals surface area contributed by atoms with Crippen LogP contribution in [0.2, 0.25) is 0 Å². The molecule has 2 aromatic rings. The minimum atomic E-state index is -5.12. The number of carboxylic acids is 1. The van der Waals surface area contributed by atoms with Crippen LogP contribution in [-0.2, 0) is 31.5 Å². The Hall–Kier alpha value is -4.71. The Bertz CT molecular complexity index is 1670. The summed E-state index contributed by atoms with van der Waals surface area (Å²) in [5, 5.41) is 26.8. The number of hydrogen-bond donors (Lipinski definition) is 3. The summed E-state index contributed by atoms with van der Waals surface area (Å²) < 4.78 is 86.4. The molecule has 1 saturated carbocycles. The lowest BCUT2D eigenvalue weighted by molar-refractivity contribution is -0.146. The normalized spacial score (nSPS) is 27.0. The number of halogens is 6. The Labute approximate surface area is 287 Å². The Morgan fingerprint density at radius 3 is 2.29 bits per heavy atom. The predicted molar refractivity (Wildman–Crippen MR) is 164 cm³/mol. The molecule has 51 heavy (non-hydrogen) atoms. The van der Waals surface area contributed by atoms with Gasteiger partial charge in [-0.15, -0.1) is 10.2 Å². The van der Waals surface area contributed by atoms with Crippen LogP contribution in [0.1, 0.15) is 82.9 Å². The highest BCUT2D eigenvalue weighted by Crippen LogP contribution is 2.46. The van der Waals surface area contributed by atoms with Crippen LogP contribution in [-0.4, -0.2) is 83.9 Å². The van der Waals surface area contributed by atoms with E-state index in [-0.39, 0.29) is 31.9 Å². The van der Waals surface area contributed by atoms with E-state index in [9.17, 15) is 50.6 Å². The molecular formula is C32H37F6N7O6. The van der Waals surface area contributed by atoms with Gasteiger partial charge < -0.3 is 25.4 Å². The third-order valence-electron chi connectivity index (χ3n) is 8.93. The number of benzene rings is 1. The van der Waals surface area contributed by atoms with Crippen LogP contribution in [0, 0.1) is 5.92 Å². The Morgan fingerprint density at radius 1 is 1.02 bits per heavy atom. The number of amides is 3. The Morgan fingerprint density at radius 2 is 1.69 bits per heavy atom. The highest BCUT2D eigenvalue weighted by molar-refractivity contribution is 5.96. The quantitative estimate of drug-likeness (QED) is 0.293. The maximum atomic E-state index is 14.2. The van der Waals surface area contributed by atoms with Crippen molar-refractivity contribution in [2.45, 2.75) is 107 Å². The lowest BCUT2D eigenvalue weighted by Gasteiger charge is -2.30. The SMILES string of the molecule is CC(C)(C)OC(=O)N[C@H]1CCCCC/C=C\[C@@H]2C[C@@]2(C(=O)O)NC(=O)[C@@H]2C[C@@H](n3nnc(-c4cc(C(F)(F)F)cc(C(F)(F)F)c4)n3)CN2C1=O. The van der Waals surface area contributed by atoms with E-state index in [0.29, 0.717) is 37.8 Å². The minimum absolute atomic E-state index is 0.0355. The molecule has 3 amide bonds. The summed E-state index contributed by atoms with van der Waals surface area (Å²) in [6.07, 6.45) is -4.96. The van der Waals surface area contributed by atoms with Crippen molar-refractivity contribution in [2.24, 2.45) is 5.92 Å². The number of carbonyl (C=O) groups excluding carboxylic acids is 3. The standard InChI is InChI=1S/C32H37F6N7O6/c1-29(2,3)51-28(50)39-22-10-8-6-4-5-7-9-18-15-30(18,27(48)49)40-25(46)23-14-21(16-44(23)26(22)47)45-42-24(41-43-45)17-11-19(31(33,34)35)13-20(12-17)32(36,37)38/h7,9,11-13,18,21-23H,4-6,8,10,14-16H2,1-3H3,(H,39,50)(H,40,46)(H,48,49)/b9-7-/t18-,21-,22+,23+,30-/m1/s1. The molecule has 3 aliphatic rings. The van der Waals surface area contributed by atoms with Crippen molar-refractivity contribution in [3.8, 4) is 11.4 Å². The average molecular weight is 730 g/mol. The number of tetrazole rings is 1. The molecule has 0 unspecified atom stereocenters. The predicted octanol–water partition coefficient (Wildman–Crippen LogP) is 4.89. The van der Waals surface area contributed by atoms with Crippen molar-refractivity contribution < 1.29 is 55.4 Å². The summed E-state index contributed by atoms with van der Waals surface area (Å²) in [4.78, 5) is 55.1. The van der Waals surface area contributed by atoms with Gasteiger partial charge in [0.25, 0.3) is 0 Å². The first kappa shape index (κ1) is 37.5. The maximum Gasteiger partial charge on any atom is 0.416 e. The number of allylic oxidation sites excluding steroid dienone is 1. The molecule has 0 bridgehead atoms. The van der Waals surface area contributed by atoms with E-state index in [2.05, 4.69) is 26.0 Å². The van der Waals surface area contributed by atoms with Crippen LogP contribution in [0.3, 0.4) is 0 Å². The van der Waals surface area contributed by atoms with Gasteiger partial charge in [0, 0.05) is 24.4 Å². The summed E-state index contributed by atoms with van der Waals surface area (Å²) in [6.45, 7) is 4.61. The van der Waals surface area contributed by atoms with Crippen LogP contribution in [0.15, 0.2) is 30.4 Å². The molecule has 0 radical (unpaired) electrons. The summed E-state index contributed by atoms with van der Waals surface area (Å²) in [5.41, 5.74) is -6.30. The first-order valence-electron chi connectivity index (χ1n) is 16.3. The van der Waals surface area contributed by atoms with E-state index >= 15 is 0 Å². The highest BCUT2D eigenvalue weighted by atomic mass is 19.4. The first-order chi connectivity index (χ1) is 23.7. The van der Waals surface area contributed by atoms with Crippen molar-refractivity contribution in [2.75, 3.05) is 6.54 Å². The van der Waals surface area contributed by atoms with Crippen molar-refractivity contribution in [1.82, 2.24) is 35.7 Å². The Balaban J connectivity index is 1.48. The van der Waals surface area contributed by atoms with Crippen LogP contribution < -0.4 is 10.6 Å². The van der Waals surface area contributed by atoms with Gasteiger partial charge in [0.1, 0.15) is 23.2 Å². The molecule has 2 aliphatic heterocycles. The fourth-order valence-electron chi connectivity index (χ4n) is 6.27. The maximum absolute atomic E-state index is 14.2. The van der Waals surface area contributed by atoms with Gasteiger partial charge in [-0.05, 0) is 69.9 Å². The van der Waals surface area contributed by atoms with E-state index in [4.69, 9.17) is 4.74 Å². The van der Waals surface area contributed by atoms with Gasteiger partial charge in [0.2, 0.25) is 17.6 Å². The number of nitrogens with one attached hydrogen (secondary N) is 2.